The van der Waals surface area contributed by atoms with Gasteiger partial charge >= 0.3 is 0 Å². The Kier molecular flexibility index (Phi) is 4.60. The van der Waals surface area contributed by atoms with Gasteiger partial charge in [-0.15, -0.1) is 0 Å². The van der Waals surface area contributed by atoms with E-state index in [0.717, 1.165) is 15.1 Å². The number of hydrogen-bond acceptors (Lipinski definition) is 3. The van der Waals surface area contributed by atoms with Crippen molar-refractivity contribution in [1.82, 2.24) is 4.41 Å². The number of aryl methyl sites for hydroxylation is 1. The fraction of sp³-hybridized carbons (Fsp3) is 0.267. The molecule has 1 atom stereocenters. The maximum absolute atomic E-state index is 12.1. The number of hydrogen-bond donors (Lipinski definition) is 0. The topological polar surface area (TPSA) is 32.7 Å². The standard InChI is InChI=1S/C15H17BrN2OS/c1-5-11-6-8-12(9-7-11)20-15(16)13(17-18(20)4)14(19)10(2)3/h6-9H,2,5H2,1,3-4H3. The van der Waals surface area contributed by atoms with E-state index < -0.39 is 0 Å². The van der Waals surface area contributed by atoms with Crippen molar-refractivity contribution in [1.29, 1.82) is 0 Å². The molecule has 2 rings (SSSR count). The summed E-state index contributed by atoms with van der Waals surface area (Å²) in [6, 6.07) is 8.44. The Morgan fingerprint density at radius 2 is 2.00 bits per heavy atom. The first-order chi connectivity index (χ1) is 9.45. The third-order valence-corrected chi connectivity index (χ3v) is 6.18. The van der Waals surface area contributed by atoms with Crippen LogP contribution in [0.4, 0.5) is 0 Å². The minimum atomic E-state index is -0.357. The molecule has 3 nitrogen and oxygen atoms in total. The Hall–Kier alpha value is -1.20. The molecule has 0 aromatic heterocycles. The number of allylic oxidation sites excluding steroid dienone is 1. The molecule has 5 heteroatoms. The van der Waals surface area contributed by atoms with Crippen LogP contribution in [0.15, 0.2) is 46.4 Å². The van der Waals surface area contributed by atoms with Gasteiger partial charge in [0.1, 0.15) is 0 Å². The number of carbonyl (C=O) groups excluding carboxylic acids is 1. The predicted molar refractivity (Wildman–Crippen MR) is 90.6 cm³/mol. The number of ketones is 1. The van der Waals surface area contributed by atoms with Crippen LogP contribution < -0.4 is 0 Å². The lowest BCUT2D eigenvalue weighted by atomic mass is 10.1. The van der Waals surface area contributed by atoms with E-state index in [-0.39, 0.29) is 16.5 Å². The maximum Gasteiger partial charge on any atom is 0.210 e. The summed E-state index contributed by atoms with van der Waals surface area (Å²) in [7, 11) is 1.53. The molecule has 1 aromatic rings. The first-order valence-electron chi connectivity index (χ1n) is 6.34. The fourth-order valence-corrected chi connectivity index (χ4v) is 4.94. The second kappa shape index (κ2) is 6.06. The number of Topliss-reactive ketones (excluding diaryl/α,β-unsaturated/α-hetero) is 1. The molecular formula is C15H17BrN2OS. The summed E-state index contributed by atoms with van der Waals surface area (Å²) in [6.07, 6.45) is 1.02. The summed E-state index contributed by atoms with van der Waals surface area (Å²) in [5, 5.41) is 4.36. The van der Waals surface area contributed by atoms with Gasteiger partial charge in [-0.3, -0.25) is 4.79 Å². The van der Waals surface area contributed by atoms with Crippen molar-refractivity contribution in [3.05, 3.63) is 42.0 Å². The molecule has 0 N–H and O–H groups in total. The number of benzene rings is 1. The minimum absolute atomic E-state index is 0.107. The summed E-state index contributed by atoms with van der Waals surface area (Å²) in [6.45, 7) is 7.54. The Balaban J connectivity index is 2.41. The van der Waals surface area contributed by atoms with Crippen molar-refractivity contribution in [2.75, 3.05) is 7.05 Å². The third kappa shape index (κ3) is 2.79. The van der Waals surface area contributed by atoms with Crippen molar-refractivity contribution in [2.24, 2.45) is 5.10 Å². The molecule has 0 saturated heterocycles. The molecular weight excluding hydrogens is 336 g/mol. The summed E-state index contributed by atoms with van der Waals surface area (Å²) < 4.78 is 2.67. The van der Waals surface area contributed by atoms with Crippen LogP contribution >= 0.6 is 26.6 Å². The van der Waals surface area contributed by atoms with E-state index in [0.29, 0.717) is 11.3 Å². The molecule has 1 aromatic carbocycles. The van der Waals surface area contributed by atoms with Gasteiger partial charge in [-0.2, -0.15) is 5.10 Å². The Labute approximate surface area is 130 Å². The molecule has 1 aliphatic rings. The van der Waals surface area contributed by atoms with Crippen molar-refractivity contribution >= 4 is 41.9 Å². The van der Waals surface area contributed by atoms with Gasteiger partial charge < -0.3 is 0 Å². The molecule has 1 aliphatic heterocycles. The van der Waals surface area contributed by atoms with E-state index in [1.54, 1.807) is 6.92 Å². The number of carbonyl (C=O) groups is 1. The fourth-order valence-electron chi connectivity index (χ4n) is 1.88. The van der Waals surface area contributed by atoms with E-state index >= 15 is 0 Å². The molecule has 1 unspecified atom stereocenters. The van der Waals surface area contributed by atoms with Crippen LogP contribution in [0.2, 0.25) is 0 Å². The lowest BCUT2D eigenvalue weighted by Crippen LogP contribution is -2.18. The third-order valence-electron chi connectivity index (χ3n) is 3.02. The van der Waals surface area contributed by atoms with Crippen LogP contribution in [-0.2, 0) is 11.2 Å². The molecule has 0 saturated carbocycles. The van der Waals surface area contributed by atoms with Crippen molar-refractivity contribution < 1.29 is 4.79 Å². The van der Waals surface area contributed by atoms with E-state index in [4.69, 9.17) is 0 Å². The van der Waals surface area contributed by atoms with E-state index in [9.17, 15) is 4.79 Å². The molecule has 0 radical (unpaired) electrons. The van der Waals surface area contributed by atoms with Crippen molar-refractivity contribution in [2.45, 2.75) is 25.2 Å². The highest BCUT2D eigenvalue weighted by molar-refractivity contribution is 9.21. The lowest BCUT2D eigenvalue weighted by Gasteiger charge is -2.14. The Bertz CT molecular complexity index is 632. The number of nitrogens with zero attached hydrogens (tertiary/aromatic N) is 2. The van der Waals surface area contributed by atoms with Gasteiger partial charge in [0.05, 0.1) is 3.77 Å². The molecule has 20 heavy (non-hydrogen) atoms. The van der Waals surface area contributed by atoms with Gasteiger partial charge in [-0.05, 0) is 63.2 Å². The van der Waals surface area contributed by atoms with Crippen LogP contribution in [0.1, 0.15) is 19.4 Å². The summed E-state index contributed by atoms with van der Waals surface area (Å²) >= 11 is 3.55. The molecule has 0 fully saturated rings. The van der Waals surface area contributed by atoms with Gasteiger partial charge in [0.2, 0.25) is 5.78 Å². The van der Waals surface area contributed by atoms with Crippen LogP contribution in [0.5, 0.6) is 0 Å². The first-order valence-corrected chi connectivity index (χ1v) is 8.31. The normalized spacial score (nSPS) is 18.2. The Morgan fingerprint density at radius 3 is 2.50 bits per heavy atom. The molecule has 1 heterocycles. The highest BCUT2D eigenvalue weighted by Gasteiger charge is 2.27. The van der Waals surface area contributed by atoms with Gasteiger partial charge in [0, 0.05) is 11.9 Å². The highest BCUT2D eigenvalue weighted by Crippen LogP contribution is 2.38. The number of hydrazone groups is 1. The quantitative estimate of drug-likeness (QED) is 0.469. The number of rotatable bonds is 4. The SMILES string of the molecule is C=C(C)C(=O)C1=NN(C)S(c2ccc(CC)cc2)=C1Br. The van der Waals surface area contributed by atoms with Gasteiger partial charge in [-0.25, -0.2) is 4.41 Å². The molecule has 0 aliphatic carbocycles. The number of halogens is 1. The first kappa shape index (κ1) is 15.2. The van der Waals surface area contributed by atoms with Crippen LogP contribution in [0.25, 0.3) is 0 Å². The van der Waals surface area contributed by atoms with Crippen LogP contribution in [0, 0.1) is 0 Å². The van der Waals surface area contributed by atoms with E-state index in [1.165, 1.54) is 5.56 Å². The molecule has 0 spiro atoms. The van der Waals surface area contributed by atoms with E-state index in [2.05, 4.69) is 58.8 Å². The van der Waals surface area contributed by atoms with Crippen LogP contribution in [0.3, 0.4) is 0 Å². The zero-order valence-electron chi connectivity index (χ0n) is 11.8. The summed E-state index contributed by atoms with van der Waals surface area (Å²) in [5.41, 5.74) is 2.26. The lowest BCUT2D eigenvalue weighted by molar-refractivity contribution is -0.109. The Morgan fingerprint density at radius 1 is 1.40 bits per heavy atom. The maximum atomic E-state index is 12.1. The average molecular weight is 353 g/mol. The monoisotopic (exact) mass is 352 g/mol. The van der Waals surface area contributed by atoms with Gasteiger partial charge in [-0.1, -0.05) is 25.6 Å². The smallest absolute Gasteiger partial charge is 0.210 e. The van der Waals surface area contributed by atoms with Gasteiger partial charge in [0.15, 0.2) is 5.71 Å². The zero-order chi connectivity index (χ0) is 14.9. The molecule has 0 bridgehead atoms. The second-order valence-corrected chi connectivity index (χ2v) is 7.87. The molecule has 106 valence electrons. The minimum Gasteiger partial charge on any atom is -0.287 e. The van der Waals surface area contributed by atoms with Gasteiger partial charge in [0.25, 0.3) is 0 Å². The largest absolute Gasteiger partial charge is 0.287 e. The summed E-state index contributed by atoms with van der Waals surface area (Å²) in [5.74, 6) is -0.107. The predicted octanol–water partition coefficient (Wildman–Crippen LogP) is 3.76. The summed E-state index contributed by atoms with van der Waals surface area (Å²) in [4.78, 5) is 13.2. The van der Waals surface area contributed by atoms with Crippen molar-refractivity contribution in [3.63, 3.8) is 0 Å². The van der Waals surface area contributed by atoms with Crippen molar-refractivity contribution in [3.8, 4) is 0 Å². The average Bonchev–Trinajstić information content (AvgIpc) is 2.73. The highest BCUT2D eigenvalue weighted by atomic mass is 79.9. The molecule has 0 amide bonds. The van der Waals surface area contributed by atoms with E-state index in [1.807, 2.05) is 11.5 Å². The second-order valence-electron chi connectivity index (χ2n) is 4.58. The zero-order valence-corrected chi connectivity index (χ0v) is 14.2. The van der Waals surface area contributed by atoms with Crippen LogP contribution in [-0.4, -0.2) is 26.7 Å².